The summed E-state index contributed by atoms with van der Waals surface area (Å²) in [5, 5.41) is 11.7. The molecule has 0 aliphatic carbocycles. The molecule has 4 aromatic carbocycles. The van der Waals surface area contributed by atoms with E-state index in [1.54, 1.807) is 28.4 Å². The van der Waals surface area contributed by atoms with Crippen LogP contribution in [0.15, 0.2) is 48.5 Å². The number of nitrogens with zero attached hydrogens (tertiary/aromatic N) is 8. The minimum atomic E-state index is -0.564. The number of amides is 1. The first kappa shape index (κ1) is 47.3. The predicted molar refractivity (Wildman–Crippen MR) is 249 cm³/mol. The molecule has 4 aromatic heterocycles. The zero-order valence-electron chi connectivity index (χ0n) is 36.1. The van der Waals surface area contributed by atoms with Crippen molar-refractivity contribution >= 4 is 103 Å². The number of fused-ring (bicyclic) bond motifs is 6. The standard InChI is InChI=1S/C12H11ClN4O.C11H12ClN3O.C11H11NO3.C10H8Cl2N2O/c1-6-4-5-8-9(10(6)18-3)14-11(13)12-16-15-7(2)17(8)12;1-6-3-4-7-9(10(6)16-2)15-11(12)8(5-13)14-7;1-6-3-4-7-5-8(13)11(14)12-9(7)10(6)15-2;1-5-3-4-6-7(8(5)15-2)14-10(12)9(11)13-6/h4-5H,1-3H3;3-4H,5,13H2,1-2H3;3-4H,5H2,1-2H3,(H,12,14);3-4H,1-2H3. The fourth-order valence-corrected chi connectivity index (χ4v) is 7.54. The van der Waals surface area contributed by atoms with Crippen LogP contribution in [-0.4, -0.2) is 79.6 Å². The van der Waals surface area contributed by atoms with E-state index in [0.717, 1.165) is 55.9 Å². The number of nitrogens with one attached hydrogen (secondary N) is 1. The van der Waals surface area contributed by atoms with Gasteiger partial charge in [0, 0.05) is 13.0 Å². The molecule has 0 spiro atoms. The number of aromatic nitrogens is 8. The fourth-order valence-electron chi connectivity index (χ4n) is 6.87. The lowest BCUT2D eigenvalue weighted by atomic mass is 9.99. The van der Waals surface area contributed by atoms with Gasteiger partial charge < -0.3 is 30.0 Å². The molecule has 1 amide bonds. The van der Waals surface area contributed by atoms with Crippen molar-refractivity contribution < 1.29 is 28.5 Å². The smallest absolute Gasteiger partial charge is 0.292 e. The largest absolute Gasteiger partial charge is 0.494 e. The summed E-state index contributed by atoms with van der Waals surface area (Å²) >= 11 is 23.7. The summed E-state index contributed by atoms with van der Waals surface area (Å²) in [6, 6.07) is 15.2. The second kappa shape index (κ2) is 20.1. The predicted octanol–water partition coefficient (Wildman–Crippen LogP) is 8.94. The summed E-state index contributed by atoms with van der Waals surface area (Å²) in [7, 11) is 6.37. The van der Waals surface area contributed by atoms with Gasteiger partial charge in [0.1, 0.15) is 45.4 Å². The van der Waals surface area contributed by atoms with E-state index in [1.165, 1.54) is 0 Å². The van der Waals surface area contributed by atoms with E-state index in [9.17, 15) is 9.59 Å². The number of carbonyl (C=O) groups excluding carboxylic acids is 2. The van der Waals surface area contributed by atoms with Gasteiger partial charge in [0.05, 0.1) is 56.4 Å². The molecule has 64 heavy (non-hydrogen) atoms. The van der Waals surface area contributed by atoms with Gasteiger partial charge in [0.15, 0.2) is 26.3 Å². The van der Waals surface area contributed by atoms with E-state index in [0.29, 0.717) is 61.1 Å². The Labute approximate surface area is 387 Å². The summed E-state index contributed by atoms with van der Waals surface area (Å²) in [6.45, 7) is 9.89. The van der Waals surface area contributed by atoms with Crippen molar-refractivity contribution in [2.24, 2.45) is 5.73 Å². The molecule has 1 aliphatic rings. The first-order chi connectivity index (χ1) is 30.6. The van der Waals surface area contributed by atoms with Crippen LogP contribution in [0.25, 0.3) is 38.7 Å². The summed E-state index contributed by atoms with van der Waals surface area (Å²) in [6.07, 6.45) is 0.151. The Morgan fingerprint density at radius 1 is 0.594 bits per heavy atom. The lowest BCUT2D eigenvalue weighted by Gasteiger charge is -2.19. The molecule has 0 unspecified atom stereocenters. The number of nitrogens with two attached hydrogens (primary N) is 1. The summed E-state index contributed by atoms with van der Waals surface area (Å²) < 4.78 is 23.0. The van der Waals surface area contributed by atoms with Crippen molar-refractivity contribution in [1.29, 1.82) is 0 Å². The van der Waals surface area contributed by atoms with E-state index < -0.39 is 11.7 Å². The molecule has 0 saturated heterocycles. The maximum absolute atomic E-state index is 11.2. The Morgan fingerprint density at radius 2 is 1.08 bits per heavy atom. The van der Waals surface area contributed by atoms with Gasteiger partial charge in [-0.05, 0) is 80.6 Å². The molecule has 0 radical (unpaired) electrons. The average Bonchev–Trinajstić information content (AvgIpc) is 3.67. The molecule has 1 aliphatic heterocycles. The van der Waals surface area contributed by atoms with Gasteiger partial charge in [-0.1, -0.05) is 76.7 Å². The van der Waals surface area contributed by atoms with Crippen LogP contribution in [0.1, 0.15) is 39.3 Å². The van der Waals surface area contributed by atoms with E-state index in [1.807, 2.05) is 87.6 Å². The number of methoxy groups -OCH3 is 4. The zero-order chi connectivity index (χ0) is 46.6. The number of hydrogen-bond donors (Lipinski definition) is 2. The molecule has 5 heterocycles. The number of hydrogen-bond acceptors (Lipinski definition) is 14. The minimum Gasteiger partial charge on any atom is -0.494 e. The number of Topliss-reactive ketones (excluding diaryl/α,β-unsaturated/α-hetero) is 1. The van der Waals surface area contributed by atoms with Gasteiger partial charge in [0.25, 0.3) is 5.91 Å². The molecule has 8 aromatic rings. The Hall–Kier alpha value is -6.17. The molecular formula is C44H42Cl4N10O6. The minimum absolute atomic E-state index is 0.151. The van der Waals surface area contributed by atoms with Crippen molar-refractivity contribution in [2.45, 2.75) is 47.6 Å². The van der Waals surface area contributed by atoms with Crippen LogP contribution in [0, 0.1) is 34.6 Å². The Morgan fingerprint density at radius 3 is 1.66 bits per heavy atom. The van der Waals surface area contributed by atoms with Crippen molar-refractivity contribution in [3.63, 3.8) is 0 Å². The Balaban J connectivity index is 0.000000142. The number of ketones is 1. The zero-order valence-corrected chi connectivity index (χ0v) is 39.2. The van der Waals surface area contributed by atoms with Gasteiger partial charge in [-0.25, -0.2) is 24.9 Å². The summed E-state index contributed by atoms with van der Waals surface area (Å²) in [4.78, 5) is 43.7. The van der Waals surface area contributed by atoms with Gasteiger partial charge in [-0.3, -0.25) is 14.0 Å². The van der Waals surface area contributed by atoms with E-state index in [4.69, 9.17) is 71.1 Å². The molecular weight excluding hydrogens is 906 g/mol. The summed E-state index contributed by atoms with van der Waals surface area (Å²) in [5.74, 6) is 2.54. The Bertz CT molecular complexity index is 3110. The van der Waals surface area contributed by atoms with Gasteiger partial charge in [-0.2, -0.15) is 0 Å². The molecule has 3 N–H and O–H groups in total. The number of ether oxygens (including phenoxy) is 4. The monoisotopic (exact) mass is 946 g/mol. The topological polar surface area (TPSA) is 204 Å². The normalized spacial score (nSPS) is 11.8. The number of benzene rings is 4. The lowest BCUT2D eigenvalue weighted by molar-refractivity contribution is -0.134. The van der Waals surface area contributed by atoms with E-state index in [2.05, 4.69) is 40.4 Å². The molecule has 9 rings (SSSR count). The fraction of sp³-hybridized carbons (Fsp3) is 0.250. The van der Waals surface area contributed by atoms with E-state index >= 15 is 0 Å². The molecule has 0 bridgehead atoms. The number of carbonyl (C=O) groups is 2. The average molecular weight is 949 g/mol. The van der Waals surface area contributed by atoms with Gasteiger partial charge in [-0.15, -0.1) is 10.2 Å². The third kappa shape index (κ3) is 9.51. The van der Waals surface area contributed by atoms with Crippen molar-refractivity contribution in [3.8, 4) is 23.0 Å². The van der Waals surface area contributed by atoms with Crippen LogP contribution in [0.2, 0.25) is 20.6 Å². The quantitative estimate of drug-likeness (QED) is 0.155. The highest BCUT2D eigenvalue weighted by Crippen LogP contribution is 2.35. The first-order valence-electron chi connectivity index (χ1n) is 19.3. The van der Waals surface area contributed by atoms with E-state index in [-0.39, 0.29) is 23.3 Å². The number of rotatable bonds is 5. The molecule has 20 heteroatoms. The third-order valence-corrected chi connectivity index (χ3v) is 11.2. The molecule has 0 atom stereocenters. The highest BCUT2D eigenvalue weighted by Gasteiger charge is 2.26. The molecule has 0 saturated carbocycles. The Kier molecular flexibility index (Phi) is 14.9. The van der Waals surface area contributed by atoms with Crippen LogP contribution in [0.5, 0.6) is 23.0 Å². The molecule has 332 valence electrons. The second-order valence-corrected chi connectivity index (χ2v) is 15.6. The molecule has 16 nitrogen and oxygen atoms in total. The highest BCUT2D eigenvalue weighted by atomic mass is 35.5. The van der Waals surface area contributed by atoms with Crippen molar-refractivity contribution in [2.75, 3.05) is 33.8 Å². The van der Waals surface area contributed by atoms with Crippen LogP contribution < -0.4 is 30.0 Å². The maximum atomic E-state index is 11.2. The van der Waals surface area contributed by atoms with Crippen LogP contribution in [-0.2, 0) is 22.6 Å². The third-order valence-electron chi connectivity index (χ3n) is 9.98. The lowest BCUT2D eigenvalue weighted by Crippen LogP contribution is -2.30. The van der Waals surface area contributed by atoms with Crippen molar-refractivity contribution in [1.82, 2.24) is 39.5 Å². The number of aryl methyl sites for hydroxylation is 5. The van der Waals surface area contributed by atoms with Crippen molar-refractivity contribution in [3.05, 3.63) is 108 Å². The number of anilines is 1. The summed E-state index contributed by atoms with van der Waals surface area (Å²) in [5.41, 5.74) is 16.4. The number of halogens is 4. The van der Waals surface area contributed by atoms with Crippen LogP contribution in [0.4, 0.5) is 5.69 Å². The second-order valence-electron chi connectivity index (χ2n) is 14.1. The molecule has 0 fully saturated rings. The SMILES string of the molecule is COc1c(C)ccc2c1NC(=O)C(=O)C2.COc1c(C)ccc2c1nc(Cl)c1nnc(C)n12.COc1c(C)ccc2nc(CN)c(Cl)nc12.COc1c(C)ccc2nc(Cl)c(Cl)nc12. The van der Waals surface area contributed by atoms with Crippen LogP contribution >= 0.6 is 46.4 Å². The van der Waals surface area contributed by atoms with Gasteiger partial charge >= 0.3 is 0 Å². The maximum Gasteiger partial charge on any atom is 0.292 e. The highest BCUT2D eigenvalue weighted by molar-refractivity contribution is 6.43. The van der Waals surface area contributed by atoms with Gasteiger partial charge in [0.2, 0.25) is 5.78 Å². The first-order valence-corrected chi connectivity index (χ1v) is 20.8. The van der Waals surface area contributed by atoms with Crippen LogP contribution in [0.3, 0.4) is 0 Å².